The molecule has 4 heteroatoms. The van der Waals surface area contributed by atoms with Gasteiger partial charge in [-0.3, -0.25) is 9.69 Å². The van der Waals surface area contributed by atoms with Crippen LogP contribution in [-0.2, 0) is 17.8 Å². The minimum atomic E-state index is -0.00572. The van der Waals surface area contributed by atoms with Gasteiger partial charge in [-0.25, -0.2) is 0 Å². The fourth-order valence-electron chi connectivity index (χ4n) is 2.63. The molecule has 1 amide bonds. The Morgan fingerprint density at radius 2 is 2.15 bits per heavy atom. The van der Waals surface area contributed by atoms with Crippen LogP contribution in [0, 0.1) is 5.92 Å². The molecular weight excluding hydrogens is 316 g/mol. The third-order valence-corrected chi connectivity index (χ3v) is 4.51. The van der Waals surface area contributed by atoms with E-state index in [9.17, 15) is 4.79 Å². The molecular formula is C16H23BrN2O. The highest BCUT2D eigenvalue weighted by Crippen LogP contribution is 2.32. The molecule has 1 aliphatic rings. The van der Waals surface area contributed by atoms with Gasteiger partial charge in [-0.15, -0.1) is 0 Å². The van der Waals surface area contributed by atoms with E-state index in [0.29, 0.717) is 0 Å². The highest BCUT2D eigenvalue weighted by molar-refractivity contribution is 9.10. The molecule has 0 fully saturated rings. The summed E-state index contributed by atoms with van der Waals surface area (Å²) < 4.78 is 1.16. The van der Waals surface area contributed by atoms with Gasteiger partial charge in [-0.1, -0.05) is 29.8 Å². The molecule has 1 heterocycles. The number of carbonyl (C=O) groups is 1. The summed E-state index contributed by atoms with van der Waals surface area (Å²) in [5.41, 5.74) is 3.58. The lowest BCUT2D eigenvalue weighted by molar-refractivity contribution is -0.114. The second-order valence-electron chi connectivity index (χ2n) is 5.94. The number of amides is 1. The molecule has 0 aliphatic carbocycles. The Balaban J connectivity index is 2.19. The van der Waals surface area contributed by atoms with Crippen LogP contribution in [0.2, 0.25) is 0 Å². The molecule has 0 radical (unpaired) electrons. The van der Waals surface area contributed by atoms with E-state index in [1.54, 1.807) is 6.92 Å². The van der Waals surface area contributed by atoms with Gasteiger partial charge >= 0.3 is 0 Å². The fraction of sp³-hybridized carbons (Fsp3) is 0.562. The third kappa shape index (κ3) is 3.83. The van der Waals surface area contributed by atoms with E-state index in [4.69, 9.17) is 0 Å². The summed E-state index contributed by atoms with van der Waals surface area (Å²) in [5, 5.41) is 2.96. The first-order valence-corrected chi connectivity index (χ1v) is 8.07. The van der Waals surface area contributed by atoms with Crippen LogP contribution in [0.15, 0.2) is 16.6 Å². The first kappa shape index (κ1) is 15.5. The van der Waals surface area contributed by atoms with Crippen LogP contribution in [0.4, 0.5) is 5.69 Å². The zero-order valence-corrected chi connectivity index (χ0v) is 14.1. The van der Waals surface area contributed by atoms with Gasteiger partial charge in [-0.2, -0.15) is 0 Å². The maximum absolute atomic E-state index is 11.3. The summed E-state index contributed by atoms with van der Waals surface area (Å²) in [6.07, 6.45) is 2.26. The van der Waals surface area contributed by atoms with Gasteiger partial charge in [-0.05, 0) is 48.6 Å². The van der Waals surface area contributed by atoms with Crippen molar-refractivity contribution in [3.63, 3.8) is 0 Å². The highest BCUT2D eigenvalue weighted by atomic mass is 79.9. The Kier molecular flexibility index (Phi) is 5.22. The van der Waals surface area contributed by atoms with Crippen molar-refractivity contribution in [1.29, 1.82) is 0 Å². The number of rotatable bonds is 4. The van der Waals surface area contributed by atoms with Crippen molar-refractivity contribution < 1.29 is 4.79 Å². The van der Waals surface area contributed by atoms with Crippen LogP contribution >= 0.6 is 15.9 Å². The summed E-state index contributed by atoms with van der Waals surface area (Å²) >= 11 is 3.63. The maximum Gasteiger partial charge on any atom is 0.221 e. The number of nitrogens with one attached hydrogen (secondary N) is 1. The predicted octanol–water partition coefficient (Wildman–Crippen LogP) is 3.81. The molecule has 2 rings (SSSR count). The van der Waals surface area contributed by atoms with E-state index in [0.717, 1.165) is 42.1 Å². The Hall–Kier alpha value is -0.870. The summed E-state index contributed by atoms with van der Waals surface area (Å²) in [6, 6.07) is 4.03. The smallest absolute Gasteiger partial charge is 0.221 e. The van der Waals surface area contributed by atoms with E-state index in [2.05, 4.69) is 40.0 Å². The summed E-state index contributed by atoms with van der Waals surface area (Å²) in [4.78, 5) is 13.8. The average Bonchev–Trinajstić information content (AvgIpc) is 2.39. The quantitative estimate of drug-likeness (QED) is 0.905. The van der Waals surface area contributed by atoms with Crippen molar-refractivity contribution in [2.45, 2.75) is 40.2 Å². The number of fused-ring (bicyclic) bond motifs is 1. The molecule has 0 spiro atoms. The van der Waals surface area contributed by atoms with E-state index < -0.39 is 0 Å². The van der Waals surface area contributed by atoms with Gasteiger partial charge in [0.2, 0.25) is 5.91 Å². The number of benzene rings is 1. The first-order chi connectivity index (χ1) is 9.47. The van der Waals surface area contributed by atoms with Crippen molar-refractivity contribution >= 4 is 27.5 Å². The third-order valence-electron chi connectivity index (χ3n) is 3.77. The molecule has 0 unspecified atom stereocenters. The number of hydrogen-bond donors (Lipinski definition) is 1. The van der Waals surface area contributed by atoms with Crippen molar-refractivity contribution in [3.8, 4) is 0 Å². The van der Waals surface area contributed by atoms with Gasteiger partial charge in [0.25, 0.3) is 0 Å². The molecule has 20 heavy (non-hydrogen) atoms. The molecule has 3 nitrogen and oxygen atoms in total. The van der Waals surface area contributed by atoms with Crippen molar-refractivity contribution in [3.05, 3.63) is 27.7 Å². The molecule has 110 valence electrons. The van der Waals surface area contributed by atoms with Crippen molar-refractivity contribution in [1.82, 2.24) is 4.90 Å². The average molecular weight is 339 g/mol. The topological polar surface area (TPSA) is 32.3 Å². The van der Waals surface area contributed by atoms with Crippen LogP contribution in [0.25, 0.3) is 0 Å². The zero-order valence-electron chi connectivity index (χ0n) is 12.5. The van der Waals surface area contributed by atoms with Gasteiger partial charge in [0.15, 0.2) is 0 Å². The van der Waals surface area contributed by atoms with E-state index in [-0.39, 0.29) is 5.91 Å². The largest absolute Gasteiger partial charge is 0.326 e. The standard InChI is InChI=1S/C16H23BrN2O/c1-11(2)6-8-19-9-7-13-14(10-19)16(18-12(3)20)5-4-15(13)17/h4-5,11H,6-10H2,1-3H3,(H,18,20). The Labute approximate surface area is 129 Å². The lowest BCUT2D eigenvalue weighted by Crippen LogP contribution is -2.33. The molecule has 0 saturated carbocycles. The van der Waals surface area contributed by atoms with Crippen LogP contribution in [-0.4, -0.2) is 23.9 Å². The monoisotopic (exact) mass is 338 g/mol. The lowest BCUT2D eigenvalue weighted by Gasteiger charge is -2.31. The maximum atomic E-state index is 11.3. The molecule has 1 aromatic rings. The molecule has 0 atom stereocenters. The molecule has 1 aliphatic heterocycles. The van der Waals surface area contributed by atoms with Gasteiger partial charge in [0.05, 0.1) is 0 Å². The predicted molar refractivity (Wildman–Crippen MR) is 86.9 cm³/mol. The molecule has 0 saturated heterocycles. The Morgan fingerprint density at radius 3 is 2.80 bits per heavy atom. The zero-order chi connectivity index (χ0) is 14.7. The normalized spacial score (nSPS) is 15.2. The van der Waals surface area contributed by atoms with Crippen molar-refractivity contribution in [2.24, 2.45) is 5.92 Å². The number of hydrogen-bond acceptors (Lipinski definition) is 2. The number of carbonyl (C=O) groups excluding carboxylic acids is 1. The summed E-state index contributed by atoms with van der Waals surface area (Å²) in [6.45, 7) is 9.24. The van der Waals surface area contributed by atoms with Crippen molar-refractivity contribution in [2.75, 3.05) is 18.4 Å². The van der Waals surface area contributed by atoms with E-state index >= 15 is 0 Å². The van der Waals surface area contributed by atoms with E-state index in [1.165, 1.54) is 17.5 Å². The van der Waals surface area contributed by atoms with Crippen LogP contribution in [0.1, 0.15) is 38.3 Å². The minimum absolute atomic E-state index is 0.00572. The molecule has 1 N–H and O–H groups in total. The summed E-state index contributed by atoms with van der Waals surface area (Å²) in [7, 11) is 0. The molecule has 1 aromatic carbocycles. The number of halogens is 1. The summed E-state index contributed by atoms with van der Waals surface area (Å²) in [5.74, 6) is 0.725. The number of anilines is 1. The lowest BCUT2D eigenvalue weighted by atomic mass is 9.97. The van der Waals surface area contributed by atoms with Crippen LogP contribution in [0.5, 0.6) is 0 Å². The Morgan fingerprint density at radius 1 is 1.40 bits per heavy atom. The minimum Gasteiger partial charge on any atom is -0.326 e. The fourth-order valence-corrected chi connectivity index (χ4v) is 3.20. The van der Waals surface area contributed by atoms with Gasteiger partial charge < -0.3 is 5.32 Å². The van der Waals surface area contributed by atoms with E-state index in [1.807, 2.05) is 12.1 Å². The Bertz CT molecular complexity index is 499. The molecule has 0 aromatic heterocycles. The first-order valence-electron chi connectivity index (χ1n) is 7.27. The SMILES string of the molecule is CC(=O)Nc1ccc(Br)c2c1CN(CCC(C)C)CC2. The molecule has 0 bridgehead atoms. The van der Waals surface area contributed by atoms with Gasteiger partial charge in [0, 0.05) is 30.2 Å². The highest BCUT2D eigenvalue weighted by Gasteiger charge is 2.21. The van der Waals surface area contributed by atoms with Gasteiger partial charge in [0.1, 0.15) is 0 Å². The number of nitrogens with zero attached hydrogens (tertiary/aromatic N) is 1. The van der Waals surface area contributed by atoms with Crippen LogP contribution in [0.3, 0.4) is 0 Å². The van der Waals surface area contributed by atoms with Crippen LogP contribution < -0.4 is 5.32 Å². The second kappa shape index (κ2) is 6.72. The second-order valence-corrected chi connectivity index (χ2v) is 6.80.